The van der Waals surface area contributed by atoms with Crippen LogP contribution in [0.5, 0.6) is 5.75 Å². The van der Waals surface area contributed by atoms with E-state index in [-0.39, 0.29) is 12.5 Å². The summed E-state index contributed by atoms with van der Waals surface area (Å²) >= 11 is 0. The maximum absolute atomic E-state index is 12.1. The van der Waals surface area contributed by atoms with Gasteiger partial charge in [0, 0.05) is 33.6 Å². The van der Waals surface area contributed by atoms with E-state index in [0.29, 0.717) is 19.5 Å². The van der Waals surface area contributed by atoms with Crippen molar-refractivity contribution in [2.45, 2.75) is 19.4 Å². The molecule has 6 nitrogen and oxygen atoms in total. The van der Waals surface area contributed by atoms with Gasteiger partial charge in [0.15, 0.2) is 0 Å². The molecular formula is C15H22N2O4. The SMILES string of the molecule is COc1ccc(CN(C)C(=O)N(C)CCCC(=O)O)cc1. The van der Waals surface area contributed by atoms with Crippen LogP contribution in [0.3, 0.4) is 0 Å². The fourth-order valence-electron chi connectivity index (χ4n) is 1.93. The Hall–Kier alpha value is -2.24. The summed E-state index contributed by atoms with van der Waals surface area (Å²) in [5.41, 5.74) is 1.01. The van der Waals surface area contributed by atoms with E-state index in [0.717, 1.165) is 11.3 Å². The Bertz CT molecular complexity index is 473. The minimum atomic E-state index is -0.845. The van der Waals surface area contributed by atoms with Crippen molar-refractivity contribution in [3.05, 3.63) is 29.8 Å². The van der Waals surface area contributed by atoms with Crippen molar-refractivity contribution in [1.82, 2.24) is 9.80 Å². The first-order valence-electron chi connectivity index (χ1n) is 6.75. The van der Waals surface area contributed by atoms with Crippen LogP contribution in [0.1, 0.15) is 18.4 Å². The lowest BCUT2D eigenvalue weighted by atomic mass is 10.2. The number of rotatable bonds is 7. The number of carbonyl (C=O) groups excluding carboxylic acids is 1. The van der Waals surface area contributed by atoms with Crippen molar-refractivity contribution in [3.8, 4) is 5.75 Å². The Morgan fingerprint density at radius 2 is 1.76 bits per heavy atom. The fraction of sp³-hybridized carbons (Fsp3) is 0.467. The highest BCUT2D eigenvalue weighted by molar-refractivity contribution is 5.74. The van der Waals surface area contributed by atoms with Gasteiger partial charge in [-0.2, -0.15) is 0 Å². The number of aliphatic carboxylic acids is 1. The van der Waals surface area contributed by atoms with Gasteiger partial charge < -0.3 is 19.6 Å². The molecule has 1 aromatic carbocycles. The van der Waals surface area contributed by atoms with Crippen LogP contribution in [-0.4, -0.2) is 54.7 Å². The Labute approximate surface area is 124 Å². The van der Waals surface area contributed by atoms with E-state index in [1.54, 1.807) is 26.1 Å². The topological polar surface area (TPSA) is 70.1 Å². The first-order chi connectivity index (χ1) is 9.93. The van der Waals surface area contributed by atoms with Crippen molar-refractivity contribution in [3.63, 3.8) is 0 Å². The summed E-state index contributed by atoms with van der Waals surface area (Å²) < 4.78 is 5.09. The maximum Gasteiger partial charge on any atom is 0.319 e. The third-order valence-corrected chi connectivity index (χ3v) is 3.12. The largest absolute Gasteiger partial charge is 0.497 e. The van der Waals surface area contributed by atoms with E-state index in [9.17, 15) is 9.59 Å². The smallest absolute Gasteiger partial charge is 0.319 e. The van der Waals surface area contributed by atoms with Gasteiger partial charge in [-0.05, 0) is 24.1 Å². The van der Waals surface area contributed by atoms with Crippen molar-refractivity contribution in [2.24, 2.45) is 0 Å². The van der Waals surface area contributed by atoms with E-state index in [2.05, 4.69) is 0 Å². The normalized spacial score (nSPS) is 10.0. The first-order valence-corrected chi connectivity index (χ1v) is 6.75. The monoisotopic (exact) mass is 294 g/mol. The lowest BCUT2D eigenvalue weighted by Crippen LogP contribution is -2.38. The maximum atomic E-state index is 12.1. The van der Waals surface area contributed by atoms with Gasteiger partial charge in [0.2, 0.25) is 0 Å². The third-order valence-electron chi connectivity index (χ3n) is 3.12. The number of methoxy groups -OCH3 is 1. The zero-order chi connectivity index (χ0) is 15.8. The van der Waals surface area contributed by atoms with E-state index < -0.39 is 5.97 Å². The molecule has 0 aliphatic carbocycles. The van der Waals surface area contributed by atoms with Gasteiger partial charge in [-0.25, -0.2) is 4.79 Å². The van der Waals surface area contributed by atoms with Gasteiger partial charge in [0.1, 0.15) is 5.75 Å². The van der Waals surface area contributed by atoms with Gasteiger partial charge in [-0.3, -0.25) is 4.79 Å². The van der Waals surface area contributed by atoms with Gasteiger partial charge in [-0.1, -0.05) is 12.1 Å². The molecule has 116 valence electrons. The number of urea groups is 1. The molecule has 0 bridgehead atoms. The number of ether oxygens (including phenoxy) is 1. The molecule has 2 amide bonds. The summed E-state index contributed by atoms with van der Waals surface area (Å²) in [5.74, 6) is -0.0686. The minimum absolute atomic E-state index is 0.0693. The first kappa shape index (κ1) is 16.8. The highest BCUT2D eigenvalue weighted by Crippen LogP contribution is 2.13. The minimum Gasteiger partial charge on any atom is -0.497 e. The zero-order valence-electron chi connectivity index (χ0n) is 12.7. The van der Waals surface area contributed by atoms with Gasteiger partial charge in [0.05, 0.1) is 7.11 Å². The number of carboxylic acids is 1. The van der Waals surface area contributed by atoms with Crippen molar-refractivity contribution < 1.29 is 19.4 Å². The second-order valence-electron chi connectivity index (χ2n) is 4.91. The molecule has 0 unspecified atom stereocenters. The van der Waals surface area contributed by atoms with Crippen LogP contribution in [0, 0.1) is 0 Å². The molecule has 21 heavy (non-hydrogen) atoms. The average molecular weight is 294 g/mol. The molecule has 0 spiro atoms. The molecular weight excluding hydrogens is 272 g/mol. The molecule has 0 fully saturated rings. The van der Waals surface area contributed by atoms with Crippen LogP contribution >= 0.6 is 0 Å². The Kier molecular flexibility index (Phi) is 6.52. The molecule has 0 saturated carbocycles. The highest BCUT2D eigenvalue weighted by atomic mass is 16.5. The number of carboxylic acid groups (broad SMARTS) is 1. The van der Waals surface area contributed by atoms with E-state index >= 15 is 0 Å². The molecule has 0 saturated heterocycles. The number of nitrogens with zero attached hydrogens (tertiary/aromatic N) is 2. The van der Waals surface area contributed by atoms with Crippen LogP contribution in [-0.2, 0) is 11.3 Å². The van der Waals surface area contributed by atoms with Crippen molar-refractivity contribution in [2.75, 3.05) is 27.7 Å². The van der Waals surface area contributed by atoms with Crippen LogP contribution in [0.4, 0.5) is 4.79 Å². The Morgan fingerprint density at radius 3 is 2.29 bits per heavy atom. The van der Waals surface area contributed by atoms with Crippen molar-refractivity contribution in [1.29, 1.82) is 0 Å². The Morgan fingerprint density at radius 1 is 1.14 bits per heavy atom. The molecule has 0 aliphatic heterocycles. The molecule has 0 aliphatic rings. The lowest BCUT2D eigenvalue weighted by Gasteiger charge is -2.25. The lowest BCUT2D eigenvalue weighted by molar-refractivity contribution is -0.137. The number of hydrogen-bond donors (Lipinski definition) is 1. The van der Waals surface area contributed by atoms with Crippen molar-refractivity contribution >= 4 is 12.0 Å². The third kappa shape index (κ3) is 5.72. The molecule has 1 rings (SSSR count). The van der Waals surface area contributed by atoms with Crippen LogP contribution in [0.15, 0.2) is 24.3 Å². The van der Waals surface area contributed by atoms with E-state index in [1.165, 1.54) is 4.90 Å². The molecule has 0 atom stereocenters. The molecule has 6 heteroatoms. The van der Waals surface area contributed by atoms with E-state index in [1.807, 2.05) is 24.3 Å². The summed E-state index contributed by atoms with van der Waals surface area (Å²) in [5, 5.41) is 8.59. The molecule has 1 N–H and O–H groups in total. The number of carbonyl (C=O) groups is 2. The summed E-state index contributed by atoms with van der Waals surface area (Å²) in [4.78, 5) is 25.7. The average Bonchev–Trinajstić information content (AvgIpc) is 2.46. The summed E-state index contributed by atoms with van der Waals surface area (Å²) in [6.45, 7) is 0.921. The molecule has 0 aromatic heterocycles. The quantitative estimate of drug-likeness (QED) is 0.835. The molecule has 0 heterocycles. The standard InChI is InChI=1S/C15H22N2O4/c1-16(10-4-5-14(18)19)15(20)17(2)11-12-6-8-13(21-3)9-7-12/h6-9H,4-5,10-11H2,1-3H3,(H,18,19). The predicted molar refractivity (Wildman–Crippen MR) is 79.4 cm³/mol. The second-order valence-corrected chi connectivity index (χ2v) is 4.91. The summed E-state index contributed by atoms with van der Waals surface area (Å²) in [7, 11) is 5.01. The van der Waals surface area contributed by atoms with Crippen LogP contribution in [0.25, 0.3) is 0 Å². The predicted octanol–water partition coefficient (Wildman–Crippen LogP) is 2.04. The highest BCUT2D eigenvalue weighted by Gasteiger charge is 2.14. The fourth-order valence-corrected chi connectivity index (χ4v) is 1.93. The van der Waals surface area contributed by atoms with Gasteiger partial charge in [0.25, 0.3) is 0 Å². The summed E-state index contributed by atoms with van der Waals surface area (Å²) in [6.07, 6.45) is 0.522. The zero-order valence-corrected chi connectivity index (χ0v) is 12.7. The van der Waals surface area contributed by atoms with Crippen LogP contribution in [0.2, 0.25) is 0 Å². The Balaban J connectivity index is 2.47. The number of benzene rings is 1. The van der Waals surface area contributed by atoms with E-state index in [4.69, 9.17) is 9.84 Å². The van der Waals surface area contributed by atoms with Gasteiger partial charge >= 0.3 is 12.0 Å². The molecule has 0 radical (unpaired) electrons. The number of amides is 2. The summed E-state index contributed by atoms with van der Waals surface area (Å²) in [6, 6.07) is 7.39. The van der Waals surface area contributed by atoms with Crippen LogP contribution < -0.4 is 4.74 Å². The second kappa shape index (κ2) is 8.14. The molecule has 1 aromatic rings. The van der Waals surface area contributed by atoms with Gasteiger partial charge in [-0.15, -0.1) is 0 Å². The number of hydrogen-bond acceptors (Lipinski definition) is 3.